The van der Waals surface area contributed by atoms with E-state index in [0.717, 1.165) is 30.5 Å². The van der Waals surface area contributed by atoms with Gasteiger partial charge >= 0.3 is 0 Å². The molecule has 3 N–H and O–H groups in total. The lowest BCUT2D eigenvalue weighted by molar-refractivity contribution is -0.208. The normalized spacial score (nSPS) is 38.4. The lowest BCUT2D eigenvalue weighted by Gasteiger charge is -2.61. The molecule has 5 fully saturated rings. The molecular formula is C32H43FN4O4. The second-order valence-electron chi connectivity index (χ2n) is 13.1. The number of nitrogens with zero attached hydrogens (tertiary/aromatic N) is 2. The molecule has 222 valence electrons. The van der Waals surface area contributed by atoms with Crippen molar-refractivity contribution in [2.24, 2.45) is 17.8 Å². The number of hydrogen-bond donors (Lipinski definition) is 2. The van der Waals surface area contributed by atoms with Gasteiger partial charge in [0.25, 0.3) is 5.91 Å². The van der Waals surface area contributed by atoms with Crippen LogP contribution in [0.25, 0.3) is 0 Å². The Balaban J connectivity index is 1.18. The second kappa shape index (κ2) is 11.3. The lowest BCUT2D eigenvalue weighted by Crippen LogP contribution is -2.73. The fraction of sp³-hybridized carbons (Fsp3) is 0.688. The van der Waals surface area contributed by atoms with Gasteiger partial charge in [0, 0.05) is 30.9 Å². The minimum absolute atomic E-state index is 0.0212. The number of alkyl halides is 1. The van der Waals surface area contributed by atoms with E-state index in [1.807, 2.05) is 30.5 Å². The summed E-state index contributed by atoms with van der Waals surface area (Å²) in [7, 11) is 0. The number of ketones is 1. The highest BCUT2D eigenvalue weighted by molar-refractivity contribution is 6.20. The van der Waals surface area contributed by atoms with Crippen molar-refractivity contribution >= 4 is 17.4 Å². The fourth-order valence-electron chi connectivity index (χ4n) is 8.69. The first kappa shape index (κ1) is 27.3. The summed E-state index contributed by atoms with van der Waals surface area (Å²) in [4.78, 5) is 31.6. The van der Waals surface area contributed by atoms with Crippen molar-refractivity contribution in [2.45, 2.75) is 87.9 Å². The first-order valence-corrected chi connectivity index (χ1v) is 15.8. The Bertz CT molecular complexity index is 1170. The van der Waals surface area contributed by atoms with Crippen LogP contribution in [0.5, 0.6) is 0 Å². The summed E-state index contributed by atoms with van der Waals surface area (Å²) in [5.41, 5.74) is 7.92. The first-order valence-electron chi connectivity index (χ1n) is 15.8. The molecule has 3 saturated carbocycles. The number of rotatable bonds is 5. The third kappa shape index (κ3) is 5.08. The third-order valence-electron chi connectivity index (χ3n) is 10.8. The Morgan fingerprint density at radius 2 is 1.78 bits per heavy atom. The average molecular weight is 567 g/mol. The first-order chi connectivity index (χ1) is 20.0. The van der Waals surface area contributed by atoms with Crippen molar-refractivity contribution in [2.75, 3.05) is 38.6 Å². The summed E-state index contributed by atoms with van der Waals surface area (Å²) >= 11 is 0. The predicted octanol–water partition coefficient (Wildman–Crippen LogP) is 2.86. The van der Waals surface area contributed by atoms with Crippen molar-refractivity contribution < 1.29 is 23.5 Å². The van der Waals surface area contributed by atoms with E-state index in [1.54, 1.807) is 4.90 Å². The number of nitrogens with one attached hydrogen (secondary N) is 1. The molecule has 9 heteroatoms. The Morgan fingerprint density at radius 3 is 2.54 bits per heavy atom. The minimum atomic E-state index is -1.24. The van der Waals surface area contributed by atoms with E-state index < -0.39 is 24.2 Å². The number of benzene rings is 1. The van der Waals surface area contributed by atoms with Crippen LogP contribution in [0.15, 0.2) is 36.0 Å². The quantitative estimate of drug-likeness (QED) is 0.418. The van der Waals surface area contributed by atoms with Gasteiger partial charge in [-0.15, -0.1) is 0 Å². The van der Waals surface area contributed by atoms with Crippen molar-refractivity contribution in [3.8, 4) is 0 Å². The molecular weight excluding hydrogens is 523 g/mol. The standard InChI is InChI=1S/C32H43FN4O4/c33-25-17-23-29-31(28(25)35-10-9-19-5-7-22(34)8-6-19)41-27-16-21-4-2-1-3-20(21)15-26(27)37(29)18-24(30(23)38)32(39)36-11-13-40-14-12-36/h5-8,18,20-21,23,25-29,31,35H,1-4,9-17,34H2. The number of halogens is 1. The second-order valence-corrected chi connectivity index (χ2v) is 13.1. The van der Waals surface area contributed by atoms with Gasteiger partial charge in [-0.3, -0.25) is 9.59 Å². The number of nitrogen functional groups attached to an aromatic ring is 1. The van der Waals surface area contributed by atoms with Gasteiger partial charge in [0.1, 0.15) is 6.17 Å². The van der Waals surface area contributed by atoms with Crippen molar-refractivity contribution in [1.29, 1.82) is 0 Å². The molecule has 3 aliphatic heterocycles. The summed E-state index contributed by atoms with van der Waals surface area (Å²) in [6.45, 7) is 2.51. The molecule has 3 heterocycles. The van der Waals surface area contributed by atoms with E-state index in [9.17, 15) is 9.59 Å². The number of ether oxygens (including phenoxy) is 2. The molecule has 6 aliphatic rings. The molecule has 0 bridgehead atoms. The zero-order valence-electron chi connectivity index (χ0n) is 23.8. The topological polar surface area (TPSA) is 97.1 Å². The predicted molar refractivity (Wildman–Crippen MR) is 153 cm³/mol. The lowest BCUT2D eigenvalue weighted by atomic mass is 9.65. The number of amides is 1. The summed E-state index contributed by atoms with van der Waals surface area (Å²) < 4.78 is 28.4. The number of fused-ring (bicyclic) bond motifs is 3. The van der Waals surface area contributed by atoms with Gasteiger partial charge in [-0.2, -0.15) is 0 Å². The molecule has 2 saturated heterocycles. The molecule has 9 atom stereocenters. The highest BCUT2D eigenvalue weighted by atomic mass is 19.1. The van der Waals surface area contributed by atoms with Crippen LogP contribution in [0.1, 0.15) is 50.5 Å². The number of Topliss-reactive ketones (excluding diaryl/α,β-unsaturated/α-hetero) is 1. The summed E-state index contributed by atoms with van der Waals surface area (Å²) in [5.74, 6) is 0.259. The van der Waals surface area contributed by atoms with Gasteiger partial charge in [-0.25, -0.2) is 4.39 Å². The molecule has 9 unspecified atom stereocenters. The van der Waals surface area contributed by atoms with E-state index in [4.69, 9.17) is 15.2 Å². The Hall–Kier alpha value is -2.49. The summed E-state index contributed by atoms with van der Waals surface area (Å²) in [5, 5.41) is 3.50. The maximum atomic E-state index is 16.1. The number of carbonyl (C=O) groups excluding carboxylic acids is 2. The average Bonchev–Trinajstić information content (AvgIpc) is 3.00. The van der Waals surface area contributed by atoms with Crippen molar-refractivity contribution in [3.05, 3.63) is 41.6 Å². The van der Waals surface area contributed by atoms with Crippen LogP contribution < -0.4 is 11.1 Å². The van der Waals surface area contributed by atoms with Crippen LogP contribution in [0.3, 0.4) is 0 Å². The smallest absolute Gasteiger partial charge is 0.259 e. The van der Waals surface area contributed by atoms with Gasteiger partial charge in [0.05, 0.1) is 49.1 Å². The summed E-state index contributed by atoms with van der Waals surface area (Å²) in [6.07, 6.45) is 8.02. The molecule has 0 aromatic heterocycles. The van der Waals surface area contributed by atoms with E-state index in [0.29, 0.717) is 44.7 Å². The van der Waals surface area contributed by atoms with Gasteiger partial charge in [-0.1, -0.05) is 37.8 Å². The van der Waals surface area contributed by atoms with Crippen molar-refractivity contribution in [1.82, 2.24) is 15.1 Å². The zero-order chi connectivity index (χ0) is 28.1. The van der Waals surface area contributed by atoms with Crippen LogP contribution in [0.4, 0.5) is 10.1 Å². The SMILES string of the molecule is Nc1ccc(CCNC2C(F)CC3C(=O)C(C(=O)N4CCOCC4)=CN4C5CC6CCCCC6CC5OC2C34)cc1. The molecule has 3 aliphatic carbocycles. The van der Waals surface area contributed by atoms with Crippen LogP contribution >= 0.6 is 0 Å². The fourth-order valence-corrected chi connectivity index (χ4v) is 8.69. The Morgan fingerprint density at radius 1 is 1.05 bits per heavy atom. The molecule has 1 amide bonds. The van der Waals surface area contributed by atoms with Crippen LogP contribution in [0.2, 0.25) is 0 Å². The Kier molecular flexibility index (Phi) is 7.54. The molecule has 1 aromatic carbocycles. The van der Waals surface area contributed by atoms with Gasteiger partial charge in [0.2, 0.25) is 0 Å². The summed E-state index contributed by atoms with van der Waals surface area (Å²) in [6, 6.07) is 7.14. The monoisotopic (exact) mass is 566 g/mol. The van der Waals surface area contributed by atoms with Crippen LogP contribution in [-0.4, -0.2) is 90.8 Å². The van der Waals surface area contributed by atoms with E-state index in [1.165, 1.54) is 25.7 Å². The largest absolute Gasteiger partial charge is 0.399 e. The molecule has 0 radical (unpaired) electrons. The third-order valence-corrected chi connectivity index (χ3v) is 10.8. The van der Waals surface area contributed by atoms with E-state index in [2.05, 4.69) is 10.2 Å². The zero-order valence-corrected chi connectivity index (χ0v) is 23.8. The number of morpholine rings is 2. The van der Waals surface area contributed by atoms with Gasteiger partial charge < -0.3 is 30.3 Å². The highest BCUT2D eigenvalue weighted by Crippen LogP contribution is 2.50. The molecule has 8 nitrogen and oxygen atoms in total. The van der Waals surface area contributed by atoms with E-state index in [-0.39, 0.29) is 41.9 Å². The van der Waals surface area contributed by atoms with Crippen LogP contribution in [-0.2, 0) is 25.5 Å². The van der Waals surface area contributed by atoms with Gasteiger partial charge in [0.15, 0.2) is 5.78 Å². The van der Waals surface area contributed by atoms with Crippen molar-refractivity contribution in [3.63, 3.8) is 0 Å². The van der Waals surface area contributed by atoms with Crippen LogP contribution in [0, 0.1) is 17.8 Å². The van der Waals surface area contributed by atoms with Gasteiger partial charge in [-0.05, 0) is 61.8 Å². The number of hydrogen-bond acceptors (Lipinski definition) is 7. The molecule has 1 aromatic rings. The highest BCUT2D eigenvalue weighted by Gasteiger charge is 2.59. The Labute approximate surface area is 241 Å². The maximum absolute atomic E-state index is 16.1. The number of carbonyl (C=O) groups is 2. The van der Waals surface area contributed by atoms with E-state index >= 15 is 4.39 Å². The molecule has 41 heavy (non-hydrogen) atoms. The molecule has 0 spiro atoms. The molecule has 7 rings (SSSR count). The minimum Gasteiger partial charge on any atom is -0.399 e. The maximum Gasteiger partial charge on any atom is 0.259 e. The number of anilines is 1. The number of nitrogens with two attached hydrogens (primary N) is 1.